The fraction of sp³-hybridized carbons (Fsp3) is 0.353. The average molecular weight is 427 g/mol. The Balaban J connectivity index is 2.02. The van der Waals surface area contributed by atoms with Gasteiger partial charge in [-0.2, -0.15) is 0 Å². The summed E-state index contributed by atoms with van der Waals surface area (Å²) in [4.78, 5) is 26.5. The Morgan fingerprint density at radius 2 is 2.12 bits per heavy atom. The van der Waals surface area contributed by atoms with Crippen molar-refractivity contribution in [1.29, 1.82) is 0 Å². The summed E-state index contributed by atoms with van der Waals surface area (Å²) in [6, 6.07) is 7.70. The van der Waals surface area contributed by atoms with Crippen LogP contribution in [0.2, 0.25) is 0 Å². The fourth-order valence-electron chi connectivity index (χ4n) is 2.13. The smallest absolute Gasteiger partial charge is 0.266 e. The molecule has 1 fully saturated rings. The van der Waals surface area contributed by atoms with Crippen LogP contribution in [0.1, 0.15) is 32.8 Å². The van der Waals surface area contributed by atoms with E-state index in [1.165, 1.54) is 16.7 Å². The minimum absolute atomic E-state index is 0.0903. The van der Waals surface area contributed by atoms with Gasteiger partial charge in [0.15, 0.2) is 0 Å². The Morgan fingerprint density at radius 1 is 1.42 bits per heavy atom. The highest BCUT2D eigenvalue weighted by molar-refractivity contribution is 9.10. The molecule has 24 heavy (non-hydrogen) atoms. The predicted octanol–water partition coefficient (Wildman–Crippen LogP) is 3.96. The minimum Gasteiger partial charge on any atom is -0.351 e. The van der Waals surface area contributed by atoms with E-state index in [1.54, 1.807) is 0 Å². The first kappa shape index (κ1) is 19.1. The second-order valence-electron chi connectivity index (χ2n) is 6.44. The summed E-state index contributed by atoms with van der Waals surface area (Å²) in [6.45, 7) is 6.06. The monoisotopic (exact) mass is 426 g/mol. The highest BCUT2D eigenvalue weighted by Crippen LogP contribution is 2.32. The normalized spacial score (nSPS) is 16.8. The Labute approximate surface area is 160 Å². The first-order valence-corrected chi connectivity index (χ1v) is 9.49. The van der Waals surface area contributed by atoms with E-state index in [2.05, 4.69) is 21.2 Å². The number of carbonyl (C=O) groups excluding carboxylic acids is 2. The summed E-state index contributed by atoms with van der Waals surface area (Å²) >= 11 is 9.97. The quantitative estimate of drug-likeness (QED) is 0.584. The van der Waals surface area contributed by atoms with Gasteiger partial charge < -0.3 is 5.32 Å². The standard InChI is InChI=1S/C17H19BrN2O2S2/c1-17(2,3)19-14(21)7-8-20-15(22)13(24-16(20)23)10-11-5-4-6-12(18)9-11/h4-6,9-10H,7-8H2,1-3H3,(H,19,21). The maximum absolute atomic E-state index is 12.5. The van der Waals surface area contributed by atoms with E-state index < -0.39 is 0 Å². The van der Waals surface area contributed by atoms with Crippen molar-refractivity contribution in [2.75, 3.05) is 6.54 Å². The molecule has 0 saturated carbocycles. The average Bonchev–Trinajstić information content (AvgIpc) is 2.69. The molecule has 0 unspecified atom stereocenters. The van der Waals surface area contributed by atoms with Gasteiger partial charge in [-0.05, 0) is 44.5 Å². The van der Waals surface area contributed by atoms with E-state index in [9.17, 15) is 9.59 Å². The van der Waals surface area contributed by atoms with Gasteiger partial charge in [0.2, 0.25) is 5.91 Å². The first-order valence-electron chi connectivity index (χ1n) is 7.48. The number of nitrogens with one attached hydrogen (secondary N) is 1. The highest BCUT2D eigenvalue weighted by Gasteiger charge is 2.32. The SMILES string of the molecule is CC(C)(C)NC(=O)CCN1C(=O)C(=Cc2cccc(Br)c2)SC1=S. The van der Waals surface area contributed by atoms with E-state index >= 15 is 0 Å². The summed E-state index contributed by atoms with van der Waals surface area (Å²) in [6.07, 6.45) is 2.05. The van der Waals surface area contributed by atoms with Gasteiger partial charge in [-0.1, -0.05) is 52.0 Å². The summed E-state index contributed by atoms with van der Waals surface area (Å²) in [5.41, 5.74) is 0.642. The second-order valence-corrected chi connectivity index (χ2v) is 9.03. The van der Waals surface area contributed by atoms with E-state index in [0.717, 1.165) is 10.0 Å². The number of halogens is 1. The Bertz CT molecular complexity index is 711. The van der Waals surface area contributed by atoms with Crippen LogP contribution < -0.4 is 5.32 Å². The van der Waals surface area contributed by atoms with Gasteiger partial charge in [-0.25, -0.2) is 0 Å². The molecule has 4 nitrogen and oxygen atoms in total. The first-order chi connectivity index (χ1) is 11.2. The Hall–Kier alpha value is -1.18. The topological polar surface area (TPSA) is 49.4 Å². The van der Waals surface area contributed by atoms with Gasteiger partial charge >= 0.3 is 0 Å². The molecule has 0 atom stereocenters. The van der Waals surface area contributed by atoms with Gasteiger partial charge in [-0.3, -0.25) is 14.5 Å². The molecule has 128 valence electrons. The van der Waals surface area contributed by atoms with Crippen LogP contribution in [0.3, 0.4) is 0 Å². The fourth-order valence-corrected chi connectivity index (χ4v) is 3.86. The van der Waals surface area contributed by atoms with Crippen molar-refractivity contribution in [2.24, 2.45) is 0 Å². The predicted molar refractivity (Wildman–Crippen MR) is 107 cm³/mol. The van der Waals surface area contributed by atoms with Gasteiger partial charge in [0.25, 0.3) is 5.91 Å². The van der Waals surface area contributed by atoms with Crippen molar-refractivity contribution in [2.45, 2.75) is 32.7 Å². The molecule has 0 aromatic heterocycles. The van der Waals surface area contributed by atoms with Crippen molar-refractivity contribution in [3.63, 3.8) is 0 Å². The third-order valence-corrected chi connectivity index (χ3v) is 4.97. The van der Waals surface area contributed by atoms with Crippen molar-refractivity contribution in [1.82, 2.24) is 10.2 Å². The molecule has 0 aliphatic carbocycles. The van der Waals surface area contributed by atoms with Crippen LogP contribution in [0.15, 0.2) is 33.6 Å². The zero-order valence-electron chi connectivity index (χ0n) is 13.8. The van der Waals surface area contributed by atoms with Crippen molar-refractivity contribution < 1.29 is 9.59 Å². The maximum atomic E-state index is 12.5. The van der Waals surface area contributed by atoms with Crippen molar-refractivity contribution in [3.05, 3.63) is 39.2 Å². The van der Waals surface area contributed by atoms with Gasteiger partial charge in [0.1, 0.15) is 4.32 Å². The number of thioether (sulfide) groups is 1. The molecule has 2 amide bonds. The Kier molecular flexibility index (Phi) is 6.22. The van der Waals surface area contributed by atoms with Crippen LogP contribution in [0.25, 0.3) is 6.08 Å². The van der Waals surface area contributed by atoms with E-state index in [0.29, 0.717) is 15.8 Å². The number of benzene rings is 1. The number of hydrogen-bond donors (Lipinski definition) is 1. The van der Waals surface area contributed by atoms with Crippen LogP contribution in [-0.4, -0.2) is 33.1 Å². The van der Waals surface area contributed by atoms with Crippen LogP contribution in [0.5, 0.6) is 0 Å². The zero-order chi connectivity index (χ0) is 17.9. The van der Waals surface area contributed by atoms with Crippen molar-refractivity contribution in [3.8, 4) is 0 Å². The number of carbonyl (C=O) groups is 2. The minimum atomic E-state index is -0.285. The molecule has 0 spiro atoms. The molecule has 1 aromatic rings. The molecular formula is C17H19BrN2O2S2. The lowest BCUT2D eigenvalue weighted by Crippen LogP contribution is -2.42. The highest BCUT2D eigenvalue weighted by atomic mass is 79.9. The number of nitrogens with zero attached hydrogens (tertiary/aromatic N) is 1. The summed E-state index contributed by atoms with van der Waals surface area (Å²) < 4.78 is 1.44. The molecule has 1 aliphatic heterocycles. The number of hydrogen-bond acceptors (Lipinski definition) is 4. The third-order valence-electron chi connectivity index (χ3n) is 3.10. The van der Waals surface area contributed by atoms with E-state index in [-0.39, 0.29) is 23.8 Å². The summed E-state index contributed by atoms with van der Waals surface area (Å²) in [5.74, 6) is -0.235. The van der Waals surface area contributed by atoms with Crippen LogP contribution in [-0.2, 0) is 9.59 Å². The Morgan fingerprint density at radius 3 is 2.75 bits per heavy atom. The largest absolute Gasteiger partial charge is 0.351 e. The van der Waals surface area contributed by atoms with E-state index in [1.807, 2.05) is 51.1 Å². The van der Waals surface area contributed by atoms with Crippen LogP contribution in [0.4, 0.5) is 0 Å². The van der Waals surface area contributed by atoms with Crippen LogP contribution >= 0.6 is 39.9 Å². The number of rotatable bonds is 4. The van der Waals surface area contributed by atoms with Crippen molar-refractivity contribution >= 4 is 62.1 Å². The lowest BCUT2D eigenvalue weighted by Gasteiger charge is -2.21. The maximum Gasteiger partial charge on any atom is 0.266 e. The van der Waals surface area contributed by atoms with E-state index in [4.69, 9.17) is 12.2 Å². The molecule has 1 saturated heterocycles. The number of amides is 2. The number of thiocarbonyl (C=S) groups is 1. The second kappa shape index (κ2) is 7.80. The lowest BCUT2D eigenvalue weighted by molar-refractivity contribution is -0.124. The molecule has 0 radical (unpaired) electrons. The molecule has 1 N–H and O–H groups in total. The molecular weight excluding hydrogens is 408 g/mol. The molecule has 1 heterocycles. The summed E-state index contributed by atoms with van der Waals surface area (Å²) in [7, 11) is 0. The molecule has 1 aliphatic rings. The third kappa shape index (κ3) is 5.43. The molecule has 1 aromatic carbocycles. The van der Waals surface area contributed by atoms with Gasteiger partial charge in [0.05, 0.1) is 4.91 Å². The molecule has 7 heteroatoms. The van der Waals surface area contributed by atoms with Crippen LogP contribution in [0, 0.1) is 0 Å². The molecule has 2 rings (SSSR count). The van der Waals surface area contributed by atoms with Gasteiger partial charge in [-0.15, -0.1) is 0 Å². The van der Waals surface area contributed by atoms with Gasteiger partial charge in [0, 0.05) is 23.0 Å². The molecule has 0 bridgehead atoms. The lowest BCUT2D eigenvalue weighted by atomic mass is 10.1. The zero-order valence-corrected chi connectivity index (χ0v) is 17.0. The summed E-state index contributed by atoms with van der Waals surface area (Å²) in [5, 5.41) is 2.88.